The van der Waals surface area contributed by atoms with Crippen LogP contribution in [0, 0.1) is 12.8 Å². The van der Waals surface area contributed by atoms with Crippen LogP contribution in [0.15, 0.2) is 16.7 Å². The van der Waals surface area contributed by atoms with E-state index in [1.165, 1.54) is 6.07 Å². The Bertz CT molecular complexity index is 1070. The average Bonchev–Trinajstić information content (AvgIpc) is 3.37. The van der Waals surface area contributed by atoms with Crippen molar-refractivity contribution in [3.8, 4) is 0 Å². The third kappa shape index (κ3) is 4.30. The summed E-state index contributed by atoms with van der Waals surface area (Å²) >= 11 is 0. The number of hydrogen-bond acceptors (Lipinski definition) is 8. The molecule has 0 aromatic carbocycles. The van der Waals surface area contributed by atoms with Gasteiger partial charge in [0, 0.05) is 25.9 Å². The van der Waals surface area contributed by atoms with Crippen molar-refractivity contribution in [2.75, 3.05) is 18.0 Å². The van der Waals surface area contributed by atoms with E-state index in [2.05, 4.69) is 30.8 Å². The molecule has 166 valence electrons. The second-order valence-corrected chi connectivity index (χ2v) is 7.39. The van der Waals surface area contributed by atoms with E-state index in [1.807, 2.05) is 11.8 Å². The Hall–Kier alpha value is -3.25. The van der Waals surface area contributed by atoms with Crippen LogP contribution in [-0.4, -0.2) is 48.9 Å². The van der Waals surface area contributed by atoms with Crippen molar-refractivity contribution in [1.82, 2.24) is 35.3 Å². The van der Waals surface area contributed by atoms with Crippen LogP contribution in [0.3, 0.4) is 0 Å². The van der Waals surface area contributed by atoms with Gasteiger partial charge in [0.05, 0.1) is 6.04 Å². The molecule has 4 heterocycles. The van der Waals surface area contributed by atoms with Gasteiger partial charge < -0.3 is 14.7 Å². The summed E-state index contributed by atoms with van der Waals surface area (Å²) < 4.78 is 44.9. The normalized spacial score (nSPS) is 16.6. The fourth-order valence-corrected chi connectivity index (χ4v) is 3.59. The van der Waals surface area contributed by atoms with Crippen LogP contribution in [0.4, 0.5) is 19.0 Å². The summed E-state index contributed by atoms with van der Waals surface area (Å²) in [5.41, 5.74) is 0.0210. The molecule has 3 aromatic heterocycles. The van der Waals surface area contributed by atoms with Crippen LogP contribution in [-0.2, 0) is 11.0 Å². The molecule has 31 heavy (non-hydrogen) atoms. The number of halogens is 3. The van der Waals surface area contributed by atoms with E-state index in [0.717, 1.165) is 0 Å². The molecule has 1 aliphatic rings. The van der Waals surface area contributed by atoms with Gasteiger partial charge in [-0.3, -0.25) is 4.79 Å². The molecule has 1 amide bonds. The largest absolute Gasteiger partial charge is 0.453 e. The summed E-state index contributed by atoms with van der Waals surface area (Å²) in [5, 5.41) is 17.6. The smallest absolute Gasteiger partial charge is 0.355 e. The zero-order valence-electron chi connectivity index (χ0n) is 16.9. The standard InChI is InChI=1S/C18H21F3N8O2/c1-3-12(15-22-10(2)31-27-15)23-16(30)11-6-8-28(9-7-11)14-5-4-13-24-25-17(18(19,20)21)29(13)26-14/h4-5,11-12H,3,6-9H2,1-2H3,(H,23,30)/t12-/m0/s1. The molecule has 0 saturated carbocycles. The van der Waals surface area contributed by atoms with E-state index >= 15 is 0 Å². The van der Waals surface area contributed by atoms with Crippen LogP contribution in [0.2, 0.25) is 0 Å². The Morgan fingerprint density at radius 2 is 2.03 bits per heavy atom. The van der Waals surface area contributed by atoms with Gasteiger partial charge in [-0.15, -0.1) is 15.3 Å². The maximum Gasteiger partial charge on any atom is 0.453 e. The molecule has 1 N–H and O–H groups in total. The van der Waals surface area contributed by atoms with E-state index in [1.54, 1.807) is 13.0 Å². The van der Waals surface area contributed by atoms with Crippen molar-refractivity contribution in [1.29, 1.82) is 0 Å². The van der Waals surface area contributed by atoms with Gasteiger partial charge in [0.2, 0.25) is 11.8 Å². The molecule has 0 unspecified atom stereocenters. The van der Waals surface area contributed by atoms with Gasteiger partial charge in [-0.25, -0.2) is 0 Å². The lowest BCUT2D eigenvalue weighted by atomic mass is 9.95. The zero-order valence-corrected chi connectivity index (χ0v) is 16.9. The summed E-state index contributed by atoms with van der Waals surface area (Å²) in [6.07, 6.45) is -2.94. The van der Waals surface area contributed by atoms with Crippen LogP contribution in [0.1, 0.15) is 49.8 Å². The number of nitrogens with one attached hydrogen (secondary N) is 1. The second-order valence-electron chi connectivity index (χ2n) is 7.39. The number of anilines is 1. The molecule has 3 aromatic rings. The maximum absolute atomic E-state index is 13.1. The molecule has 4 rings (SSSR count). The highest BCUT2D eigenvalue weighted by molar-refractivity contribution is 5.79. The molecule has 1 aliphatic heterocycles. The minimum atomic E-state index is -4.65. The first-order valence-electron chi connectivity index (χ1n) is 9.91. The van der Waals surface area contributed by atoms with Crippen molar-refractivity contribution in [3.05, 3.63) is 29.7 Å². The van der Waals surface area contributed by atoms with Gasteiger partial charge in [-0.05, 0) is 31.4 Å². The Labute approximate surface area is 174 Å². The number of fused-ring (bicyclic) bond motifs is 1. The SMILES string of the molecule is CC[C@H](NC(=O)C1CCN(c2ccc3nnc(C(F)(F)F)n3n2)CC1)c1noc(C)n1. The Balaban J connectivity index is 1.41. The van der Waals surface area contributed by atoms with Crippen molar-refractivity contribution in [3.63, 3.8) is 0 Å². The zero-order chi connectivity index (χ0) is 22.2. The number of amides is 1. The number of piperidine rings is 1. The van der Waals surface area contributed by atoms with Crippen LogP contribution >= 0.6 is 0 Å². The third-order valence-corrected chi connectivity index (χ3v) is 5.27. The first-order valence-corrected chi connectivity index (χ1v) is 9.91. The molecule has 0 aliphatic carbocycles. The number of nitrogens with zero attached hydrogens (tertiary/aromatic N) is 7. The summed E-state index contributed by atoms with van der Waals surface area (Å²) in [5.74, 6) is -0.232. The number of alkyl halides is 3. The number of rotatable bonds is 5. The molecular formula is C18H21F3N8O2. The highest BCUT2D eigenvalue weighted by Crippen LogP contribution is 2.29. The van der Waals surface area contributed by atoms with Crippen LogP contribution in [0.5, 0.6) is 0 Å². The van der Waals surface area contributed by atoms with Gasteiger partial charge in [0.1, 0.15) is 5.82 Å². The average molecular weight is 438 g/mol. The van der Waals surface area contributed by atoms with Crippen molar-refractivity contribution in [2.45, 2.75) is 45.3 Å². The molecule has 0 bridgehead atoms. The Kier molecular flexibility index (Phi) is 5.50. The lowest BCUT2D eigenvalue weighted by Crippen LogP contribution is -2.42. The fraction of sp³-hybridized carbons (Fsp3) is 0.556. The summed E-state index contributed by atoms with van der Waals surface area (Å²) in [6, 6.07) is 2.72. The molecule has 0 spiro atoms. The maximum atomic E-state index is 13.1. The quantitative estimate of drug-likeness (QED) is 0.646. The predicted molar refractivity (Wildman–Crippen MR) is 101 cm³/mol. The number of carbonyl (C=O) groups is 1. The Morgan fingerprint density at radius 3 is 2.65 bits per heavy atom. The molecule has 1 saturated heterocycles. The summed E-state index contributed by atoms with van der Waals surface area (Å²) in [6.45, 7) is 4.57. The first-order chi connectivity index (χ1) is 14.8. The highest BCUT2D eigenvalue weighted by Gasteiger charge is 2.38. The minimum Gasteiger partial charge on any atom is -0.355 e. The predicted octanol–water partition coefficient (Wildman–Crippen LogP) is 2.32. The number of hydrogen-bond donors (Lipinski definition) is 1. The van der Waals surface area contributed by atoms with E-state index in [4.69, 9.17) is 4.52 Å². The second kappa shape index (κ2) is 8.12. The van der Waals surface area contributed by atoms with Gasteiger partial charge >= 0.3 is 6.18 Å². The monoisotopic (exact) mass is 438 g/mol. The number of carbonyl (C=O) groups excluding carboxylic acids is 1. The van der Waals surface area contributed by atoms with Gasteiger partial charge in [-0.1, -0.05) is 12.1 Å². The van der Waals surface area contributed by atoms with E-state index < -0.39 is 12.0 Å². The van der Waals surface area contributed by atoms with E-state index in [-0.39, 0.29) is 23.5 Å². The van der Waals surface area contributed by atoms with Gasteiger partial charge in [0.25, 0.3) is 5.82 Å². The van der Waals surface area contributed by atoms with Crippen molar-refractivity contribution < 1.29 is 22.5 Å². The van der Waals surface area contributed by atoms with E-state index in [9.17, 15) is 18.0 Å². The van der Waals surface area contributed by atoms with Crippen molar-refractivity contribution in [2.24, 2.45) is 5.92 Å². The van der Waals surface area contributed by atoms with Gasteiger partial charge in [0.15, 0.2) is 11.5 Å². The molecule has 1 fully saturated rings. The number of aromatic nitrogens is 6. The molecular weight excluding hydrogens is 417 g/mol. The van der Waals surface area contributed by atoms with Crippen molar-refractivity contribution >= 4 is 17.4 Å². The molecule has 13 heteroatoms. The van der Waals surface area contributed by atoms with E-state index in [0.29, 0.717) is 54.4 Å². The highest BCUT2D eigenvalue weighted by atomic mass is 19.4. The van der Waals surface area contributed by atoms with Crippen LogP contribution in [0.25, 0.3) is 5.65 Å². The number of aryl methyl sites for hydroxylation is 1. The first kappa shape index (κ1) is 21.0. The Morgan fingerprint density at radius 1 is 1.29 bits per heavy atom. The topological polar surface area (TPSA) is 114 Å². The third-order valence-electron chi connectivity index (χ3n) is 5.27. The minimum absolute atomic E-state index is 0.0210. The fourth-order valence-electron chi connectivity index (χ4n) is 3.59. The summed E-state index contributed by atoms with van der Waals surface area (Å²) in [4.78, 5) is 18.7. The lowest BCUT2D eigenvalue weighted by Gasteiger charge is -2.32. The molecule has 0 radical (unpaired) electrons. The van der Waals surface area contributed by atoms with Gasteiger partial charge in [-0.2, -0.15) is 22.7 Å². The van der Waals surface area contributed by atoms with Crippen LogP contribution < -0.4 is 10.2 Å². The molecule has 1 atom stereocenters. The molecule has 10 nitrogen and oxygen atoms in total. The summed E-state index contributed by atoms with van der Waals surface area (Å²) in [7, 11) is 0. The lowest BCUT2D eigenvalue weighted by molar-refractivity contribution is -0.146.